The van der Waals surface area contributed by atoms with Gasteiger partial charge < -0.3 is 15.7 Å². The predicted molar refractivity (Wildman–Crippen MR) is 85.0 cm³/mol. The molecule has 1 rings (SSSR count). The molecule has 120 valence electrons. The lowest BCUT2D eigenvalue weighted by Gasteiger charge is -2.12. The van der Waals surface area contributed by atoms with Crippen molar-refractivity contribution < 1.29 is 19.5 Å². The van der Waals surface area contributed by atoms with E-state index in [1.54, 1.807) is 31.2 Å². The lowest BCUT2D eigenvalue weighted by molar-refractivity contribution is -0.136. The maximum Gasteiger partial charge on any atom is 0.316 e. The molecule has 0 aliphatic rings. The van der Waals surface area contributed by atoms with Gasteiger partial charge in [-0.1, -0.05) is 12.1 Å². The van der Waals surface area contributed by atoms with Crippen molar-refractivity contribution in [3.63, 3.8) is 0 Å². The van der Waals surface area contributed by atoms with Crippen molar-refractivity contribution in [1.82, 2.24) is 10.6 Å². The molecule has 0 fully saturated rings. The Kier molecular flexibility index (Phi) is 6.91. The van der Waals surface area contributed by atoms with Crippen LogP contribution in [0.15, 0.2) is 29.2 Å². The first-order valence-electron chi connectivity index (χ1n) is 6.87. The minimum absolute atomic E-state index is 0.00339. The molecule has 1 unspecified atom stereocenters. The standard InChI is InChI=1S/C15H20N2O4S/c1-9(2)17-13(18)8-16-14(19)11-6-4-5-7-12(11)22-10(3)15(20)21/h4-7,9-10H,8H2,1-3H3,(H,16,19)(H,17,18)(H,20,21). The van der Waals surface area contributed by atoms with Crippen LogP contribution in [-0.2, 0) is 9.59 Å². The van der Waals surface area contributed by atoms with Gasteiger partial charge in [0.15, 0.2) is 0 Å². The number of carbonyl (C=O) groups excluding carboxylic acids is 2. The van der Waals surface area contributed by atoms with Crippen LogP contribution in [0.4, 0.5) is 0 Å². The lowest BCUT2D eigenvalue weighted by Crippen LogP contribution is -2.39. The van der Waals surface area contributed by atoms with Crippen LogP contribution in [-0.4, -0.2) is 40.7 Å². The second kappa shape index (κ2) is 8.43. The van der Waals surface area contributed by atoms with Gasteiger partial charge in [0.05, 0.1) is 12.1 Å². The molecule has 7 heteroatoms. The highest BCUT2D eigenvalue weighted by Gasteiger charge is 2.18. The summed E-state index contributed by atoms with van der Waals surface area (Å²) >= 11 is 1.09. The van der Waals surface area contributed by atoms with Gasteiger partial charge in [0.1, 0.15) is 5.25 Å². The SMILES string of the molecule is CC(C)NC(=O)CNC(=O)c1ccccc1SC(C)C(=O)O. The molecule has 0 bridgehead atoms. The van der Waals surface area contributed by atoms with E-state index >= 15 is 0 Å². The Morgan fingerprint density at radius 1 is 1.18 bits per heavy atom. The zero-order chi connectivity index (χ0) is 16.7. The summed E-state index contributed by atoms with van der Waals surface area (Å²) in [5.41, 5.74) is 0.359. The molecule has 1 aromatic carbocycles. The maximum atomic E-state index is 12.2. The van der Waals surface area contributed by atoms with Crippen LogP contribution in [0.3, 0.4) is 0 Å². The molecular formula is C15H20N2O4S. The highest BCUT2D eigenvalue weighted by molar-refractivity contribution is 8.00. The molecule has 0 aromatic heterocycles. The summed E-state index contributed by atoms with van der Waals surface area (Å²) in [5.74, 6) is -1.62. The van der Waals surface area contributed by atoms with Gasteiger partial charge in [-0.05, 0) is 32.9 Å². The van der Waals surface area contributed by atoms with Crippen molar-refractivity contribution in [3.8, 4) is 0 Å². The van der Waals surface area contributed by atoms with Gasteiger partial charge in [0.25, 0.3) is 5.91 Å². The third-order valence-corrected chi connectivity index (χ3v) is 3.81. The van der Waals surface area contributed by atoms with Gasteiger partial charge in [0.2, 0.25) is 5.91 Å². The molecule has 1 atom stereocenters. The zero-order valence-corrected chi connectivity index (χ0v) is 13.6. The van der Waals surface area contributed by atoms with Gasteiger partial charge >= 0.3 is 5.97 Å². The van der Waals surface area contributed by atoms with Gasteiger partial charge in [-0.25, -0.2) is 0 Å². The van der Waals surface area contributed by atoms with Crippen LogP contribution in [0.1, 0.15) is 31.1 Å². The summed E-state index contributed by atoms with van der Waals surface area (Å²) in [7, 11) is 0. The van der Waals surface area contributed by atoms with Crippen molar-refractivity contribution in [3.05, 3.63) is 29.8 Å². The number of carbonyl (C=O) groups is 3. The molecule has 0 radical (unpaired) electrons. The Balaban J connectivity index is 2.73. The summed E-state index contributed by atoms with van der Waals surface area (Å²) < 4.78 is 0. The smallest absolute Gasteiger partial charge is 0.316 e. The van der Waals surface area contributed by atoms with Gasteiger partial charge in [0, 0.05) is 10.9 Å². The molecule has 0 saturated heterocycles. The first-order chi connectivity index (χ1) is 10.3. The molecule has 1 aromatic rings. The maximum absolute atomic E-state index is 12.2. The fourth-order valence-electron chi connectivity index (χ4n) is 1.63. The van der Waals surface area contributed by atoms with Gasteiger partial charge in [-0.2, -0.15) is 0 Å². The topological polar surface area (TPSA) is 95.5 Å². The Morgan fingerprint density at radius 2 is 1.82 bits per heavy atom. The average molecular weight is 324 g/mol. The van der Waals surface area contributed by atoms with E-state index in [4.69, 9.17) is 5.11 Å². The number of nitrogens with one attached hydrogen (secondary N) is 2. The number of thioether (sulfide) groups is 1. The third-order valence-electron chi connectivity index (χ3n) is 2.64. The first-order valence-corrected chi connectivity index (χ1v) is 7.75. The third kappa shape index (κ3) is 5.77. The second-order valence-electron chi connectivity index (χ2n) is 5.00. The van der Waals surface area contributed by atoms with Crippen LogP contribution in [0.25, 0.3) is 0 Å². The summed E-state index contributed by atoms with van der Waals surface area (Å²) in [6.07, 6.45) is 0. The van der Waals surface area contributed by atoms with Crippen LogP contribution in [0.5, 0.6) is 0 Å². The highest BCUT2D eigenvalue weighted by atomic mass is 32.2. The number of benzene rings is 1. The summed E-state index contributed by atoms with van der Waals surface area (Å²) in [6, 6.07) is 6.72. The van der Waals surface area contributed by atoms with Crippen molar-refractivity contribution in [2.45, 2.75) is 37.0 Å². The fraction of sp³-hybridized carbons (Fsp3) is 0.400. The number of aliphatic carboxylic acids is 1. The number of carboxylic acid groups (broad SMARTS) is 1. The van der Waals surface area contributed by atoms with E-state index in [2.05, 4.69) is 10.6 Å². The predicted octanol–water partition coefficient (Wildman–Crippen LogP) is 1.51. The fourth-order valence-corrected chi connectivity index (χ4v) is 2.55. The normalized spacial score (nSPS) is 11.8. The molecule has 0 aliphatic heterocycles. The Labute approximate surface area is 133 Å². The van der Waals surface area contributed by atoms with Crippen LogP contribution in [0, 0.1) is 0 Å². The minimum Gasteiger partial charge on any atom is -0.480 e. The van der Waals surface area contributed by atoms with E-state index in [-0.39, 0.29) is 18.5 Å². The van der Waals surface area contributed by atoms with E-state index in [0.717, 1.165) is 11.8 Å². The highest BCUT2D eigenvalue weighted by Crippen LogP contribution is 2.26. The number of hydrogen-bond donors (Lipinski definition) is 3. The van der Waals surface area contributed by atoms with E-state index in [0.29, 0.717) is 10.5 Å². The molecule has 0 saturated carbocycles. The molecule has 0 spiro atoms. The minimum atomic E-state index is -0.948. The number of rotatable bonds is 7. The molecule has 0 aliphatic carbocycles. The molecule has 6 nitrogen and oxygen atoms in total. The summed E-state index contributed by atoms with van der Waals surface area (Å²) in [6.45, 7) is 5.10. The summed E-state index contributed by atoms with van der Waals surface area (Å²) in [5, 5.41) is 13.5. The molecule has 22 heavy (non-hydrogen) atoms. The number of carboxylic acids is 1. The summed E-state index contributed by atoms with van der Waals surface area (Å²) in [4.78, 5) is 35.2. The molecular weight excluding hydrogens is 304 g/mol. The Morgan fingerprint density at radius 3 is 2.41 bits per heavy atom. The van der Waals surface area contributed by atoms with Crippen LogP contribution >= 0.6 is 11.8 Å². The van der Waals surface area contributed by atoms with E-state index in [9.17, 15) is 14.4 Å². The van der Waals surface area contributed by atoms with Crippen molar-refractivity contribution in [2.24, 2.45) is 0 Å². The second-order valence-corrected chi connectivity index (χ2v) is 6.38. The number of hydrogen-bond acceptors (Lipinski definition) is 4. The Hall–Kier alpha value is -2.02. The number of amides is 2. The van der Waals surface area contributed by atoms with Crippen molar-refractivity contribution >= 4 is 29.5 Å². The average Bonchev–Trinajstić information content (AvgIpc) is 2.44. The van der Waals surface area contributed by atoms with Gasteiger partial charge in [-0.3, -0.25) is 14.4 Å². The lowest BCUT2D eigenvalue weighted by atomic mass is 10.2. The Bertz CT molecular complexity index is 560. The molecule has 3 N–H and O–H groups in total. The quantitative estimate of drug-likeness (QED) is 0.661. The van der Waals surface area contributed by atoms with Crippen molar-refractivity contribution in [1.29, 1.82) is 0 Å². The monoisotopic (exact) mass is 324 g/mol. The zero-order valence-electron chi connectivity index (χ0n) is 12.8. The molecule has 0 heterocycles. The van der Waals surface area contributed by atoms with E-state index in [1.807, 2.05) is 13.8 Å². The van der Waals surface area contributed by atoms with E-state index < -0.39 is 17.1 Å². The molecule has 2 amide bonds. The first kappa shape index (κ1) is 18.0. The van der Waals surface area contributed by atoms with E-state index in [1.165, 1.54) is 0 Å². The van der Waals surface area contributed by atoms with Crippen LogP contribution < -0.4 is 10.6 Å². The van der Waals surface area contributed by atoms with Gasteiger partial charge in [-0.15, -0.1) is 11.8 Å². The van der Waals surface area contributed by atoms with Crippen LogP contribution in [0.2, 0.25) is 0 Å². The largest absolute Gasteiger partial charge is 0.480 e. The van der Waals surface area contributed by atoms with Crippen molar-refractivity contribution in [2.75, 3.05) is 6.54 Å².